The number of hydrogen-bond acceptors (Lipinski definition) is 2. The van der Waals surface area contributed by atoms with Crippen molar-refractivity contribution in [1.82, 2.24) is 4.98 Å². The second-order valence-corrected chi connectivity index (χ2v) is 3.85. The molecule has 0 saturated carbocycles. The molecule has 1 N–H and O–H groups in total. The Bertz CT molecular complexity index is 734. The van der Waals surface area contributed by atoms with Gasteiger partial charge < -0.3 is 5.11 Å². The number of carbonyl (C=O) groups is 1. The van der Waals surface area contributed by atoms with Crippen LogP contribution in [-0.2, 0) is 0 Å². The van der Waals surface area contributed by atoms with Crippen LogP contribution >= 0.6 is 0 Å². The summed E-state index contributed by atoms with van der Waals surface area (Å²) in [7, 11) is 0. The van der Waals surface area contributed by atoms with Gasteiger partial charge in [0, 0.05) is 17.0 Å². The van der Waals surface area contributed by atoms with Crippen molar-refractivity contribution in [2.75, 3.05) is 0 Å². The molecule has 3 rings (SSSR count). The second-order valence-electron chi connectivity index (χ2n) is 3.85. The summed E-state index contributed by atoms with van der Waals surface area (Å²) in [6.07, 6.45) is 1.68. The van der Waals surface area contributed by atoms with Gasteiger partial charge in [-0.05, 0) is 17.5 Å². The van der Waals surface area contributed by atoms with Gasteiger partial charge in [0.25, 0.3) is 0 Å². The Morgan fingerprint density at radius 2 is 1.76 bits per heavy atom. The van der Waals surface area contributed by atoms with Gasteiger partial charge in [-0.15, -0.1) is 0 Å². The molecule has 0 saturated heterocycles. The molecule has 17 heavy (non-hydrogen) atoms. The number of nitrogens with zero attached hydrogens (tertiary/aromatic N) is 1. The van der Waals surface area contributed by atoms with Gasteiger partial charge in [-0.3, -0.25) is 4.98 Å². The molecule has 3 heteroatoms. The van der Waals surface area contributed by atoms with E-state index in [4.69, 9.17) is 0 Å². The van der Waals surface area contributed by atoms with E-state index in [2.05, 4.69) is 4.98 Å². The molecule has 0 bridgehead atoms. The molecule has 1 heterocycles. The number of benzene rings is 2. The van der Waals surface area contributed by atoms with Crippen LogP contribution in [0.5, 0.6) is 0 Å². The quantitative estimate of drug-likeness (QED) is 0.645. The van der Waals surface area contributed by atoms with E-state index in [9.17, 15) is 9.90 Å². The van der Waals surface area contributed by atoms with Crippen LogP contribution in [-0.4, -0.2) is 16.1 Å². The van der Waals surface area contributed by atoms with Gasteiger partial charge in [0.05, 0.1) is 11.1 Å². The lowest BCUT2D eigenvalue weighted by Gasteiger charge is -2.05. The van der Waals surface area contributed by atoms with Crippen molar-refractivity contribution in [3.8, 4) is 0 Å². The molecule has 82 valence electrons. The summed E-state index contributed by atoms with van der Waals surface area (Å²) in [6, 6.07) is 12.9. The summed E-state index contributed by atoms with van der Waals surface area (Å²) >= 11 is 0. The molecule has 0 aliphatic rings. The third-order valence-corrected chi connectivity index (χ3v) is 2.85. The first-order valence-electron chi connectivity index (χ1n) is 5.27. The fourth-order valence-corrected chi connectivity index (χ4v) is 2.09. The third-order valence-electron chi connectivity index (χ3n) is 2.85. The van der Waals surface area contributed by atoms with E-state index in [-0.39, 0.29) is 0 Å². The SMILES string of the molecule is O=C(O)c1cccc2ccc3cccnc3c12. The van der Waals surface area contributed by atoms with Crippen LogP contribution in [0.3, 0.4) is 0 Å². The van der Waals surface area contributed by atoms with E-state index in [1.54, 1.807) is 18.3 Å². The van der Waals surface area contributed by atoms with Crippen LogP contribution in [0.15, 0.2) is 48.7 Å². The topological polar surface area (TPSA) is 50.2 Å². The number of carboxylic acid groups (broad SMARTS) is 1. The summed E-state index contributed by atoms with van der Waals surface area (Å²) in [4.78, 5) is 15.5. The largest absolute Gasteiger partial charge is 0.478 e. The van der Waals surface area contributed by atoms with E-state index < -0.39 is 5.97 Å². The van der Waals surface area contributed by atoms with Gasteiger partial charge in [0.1, 0.15) is 0 Å². The molecule has 2 aromatic carbocycles. The van der Waals surface area contributed by atoms with Gasteiger partial charge >= 0.3 is 5.97 Å². The van der Waals surface area contributed by atoms with Gasteiger partial charge in [0.15, 0.2) is 0 Å². The lowest BCUT2D eigenvalue weighted by molar-refractivity contribution is 0.0699. The van der Waals surface area contributed by atoms with Crippen molar-refractivity contribution in [2.45, 2.75) is 0 Å². The molecule has 1 aromatic heterocycles. The smallest absolute Gasteiger partial charge is 0.336 e. The predicted molar refractivity (Wildman–Crippen MR) is 66.2 cm³/mol. The average Bonchev–Trinajstić information content (AvgIpc) is 2.37. The Hall–Kier alpha value is -2.42. The molecule has 0 atom stereocenters. The summed E-state index contributed by atoms with van der Waals surface area (Å²) in [5.41, 5.74) is 1.04. The van der Waals surface area contributed by atoms with Crippen LogP contribution < -0.4 is 0 Å². The zero-order chi connectivity index (χ0) is 11.8. The van der Waals surface area contributed by atoms with Crippen molar-refractivity contribution in [3.05, 3.63) is 54.2 Å². The van der Waals surface area contributed by atoms with E-state index in [1.165, 1.54) is 0 Å². The minimum atomic E-state index is -0.922. The summed E-state index contributed by atoms with van der Waals surface area (Å²) < 4.78 is 0. The summed E-state index contributed by atoms with van der Waals surface area (Å²) in [5, 5.41) is 11.8. The number of aromatic nitrogens is 1. The van der Waals surface area contributed by atoms with Crippen LogP contribution in [0.2, 0.25) is 0 Å². The molecular formula is C14H9NO2. The normalized spacial score (nSPS) is 10.8. The van der Waals surface area contributed by atoms with Gasteiger partial charge in [-0.1, -0.05) is 30.3 Å². The lowest BCUT2D eigenvalue weighted by atomic mass is 10.0. The Morgan fingerprint density at radius 3 is 2.59 bits per heavy atom. The monoisotopic (exact) mass is 223 g/mol. The Morgan fingerprint density at radius 1 is 1.00 bits per heavy atom. The van der Waals surface area contributed by atoms with Gasteiger partial charge in [-0.2, -0.15) is 0 Å². The molecule has 0 aliphatic heterocycles. The van der Waals surface area contributed by atoms with Crippen LogP contribution in [0.4, 0.5) is 0 Å². The van der Waals surface area contributed by atoms with Crippen LogP contribution in [0.25, 0.3) is 21.7 Å². The number of pyridine rings is 1. The van der Waals surface area contributed by atoms with Gasteiger partial charge in [0.2, 0.25) is 0 Å². The molecule has 0 fully saturated rings. The minimum absolute atomic E-state index is 0.298. The number of aromatic carboxylic acids is 1. The maximum Gasteiger partial charge on any atom is 0.336 e. The Kier molecular flexibility index (Phi) is 2.05. The third kappa shape index (κ3) is 1.44. The molecule has 0 spiro atoms. The van der Waals surface area contributed by atoms with Gasteiger partial charge in [-0.25, -0.2) is 4.79 Å². The van der Waals surface area contributed by atoms with Crippen molar-refractivity contribution >= 4 is 27.6 Å². The molecule has 0 unspecified atom stereocenters. The maximum absolute atomic E-state index is 11.2. The Balaban J connectivity index is 2.59. The number of rotatable bonds is 1. The fourth-order valence-electron chi connectivity index (χ4n) is 2.09. The minimum Gasteiger partial charge on any atom is -0.478 e. The molecular weight excluding hydrogens is 214 g/mol. The fraction of sp³-hybridized carbons (Fsp3) is 0. The van der Waals surface area contributed by atoms with E-state index in [1.807, 2.05) is 30.3 Å². The zero-order valence-corrected chi connectivity index (χ0v) is 8.92. The lowest BCUT2D eigenvalue weighted by Crippen LogP contribution is -1.98. The summed E-state index contributed by atoms with van der Waals surface area (Å²) in [6.45, 7) is 0. The first-order chi connectivity index (χ1) is 8.27. The van der Waals surface area contributed by atoms with E-state index in [0.29, 0.717) is 10.9 Å². The van der Waals surface area contributed by atoms with Crippen molar-refractivity contribution < 1.29 is 9.90 Å². The van der Waals surface area contributed by atoms with Crippen LogP contribution in [0.1, 0.15) is 10.4 Å². The van der Waals surface area contributed by atoms with Crippen molar-refractivity contribution in [3.63, 3.8) is 0 Å². The highest BCUT2D eigenvalue weighted by Crippen LogP contribution is 2.26. The molecule has 0 amide bonds. The van der Waals surface area contributed by atoms with E-state index in [0.717, 1.165) is 16.3 Å². The number of hydrogen-bond donors (Lipinski definition) is 1. The average molecular weight is 223 g/mol. The highest BCUT2D eigenvalue weighted by molar-refractivity contribution is 6.14. The highest BCUT2D eigenvalue weighted by Gasteiger charge is 2.11. The first-order valence-corrected chi connectivity index (χ1v) is 5.27. The molecule has 3 aromatic rings. The van der Waals surface area contributed by atoms with Crippen molar-refractivity contribution in [1.29, 1.82) is 0 Å². The number of carboxylic acids is 1. The molecule has 3 nitrogen and oxygen atoms in total. The number of fused-ring (bicyclic) bond motifs is 3. The zero-order valence-electron chi connectivity index (χ0n) is 8.92. The maximum atomic E-state index is 11.2. The van der Waals surface area contributed by atoms with E-state index >= 15 is 0 Å². The molecule has 0 aliphatic carbocycles. The summed E-state index contributed by atoms with van der Waals surface area (Å²) in [5.74, 6) is -0.922. The van der Waals surface area contributed by atoms with Crippen LogP contribution in [0, 0.1) is 0 Å². The predicted octanol–water partition coefficient (Wildman–Crippen LogP) is 3.09. The highest BCUT2D eigenvalue weighted by atomic mass is 16.4. The van der Waals surface area contributed by atoms with Crippen molar-refractivity contribution in [2.24, 2.45) is 0 Å². The Labute approximate surface area is 97.3 Å². The second kappa shape index (κ2) is 3.56. The first kappa shape index (κ1) is 9.78. The standard InChI is InChI=1S/C14H9NO2/c16-14(17)11-5-1-3-9-6-7-10-4-2-8-15-13(10)12(9)11/h1-8H,(H,16,17). The molecule has 0 radical (unpaired) electrons.